The number of hydrogen-bond acceptors (Lipinski definition) is 2. The number of benzene rings is 1. The minimum absolute atomic E-state index is 0.0139. The zero-order valence-corrected chi connectivity index (χ0v) is 10.1. The molecular weight excluding hydrogens is 247 g/mol. The molecule has 1 aromatic carbocycles. The van der Waals surface area contributed by atoms with Crippen LogP contribution in [0.4, 0.5) is 5.69 Å². The highest BCUT2D eigenvalue weighted by Crippen LogP contribution is 2.28. The van der Waals surface area contributed by atoms with Gasteiger partial charge < -0.3 is 11.1 Å². The molecule has 0 aliphatic heterocycles. The Labute approximate surface area is 104 Å². The summed E-state index contributed by atoms with van der Waals surface area (Å²) in [6.07, 6.45) is 1.50. The summed E-state index contributed by atoms with van der Waals surface area (Å²) in [7, 11) is 0. The van der Waals surface area contributed by atoms with E-state index >= 15 is 0 Å². The second-order valence-electron chi connectivity index (χ2n) is 4.08. The molecule has 86 valence electrons. The molecule has 3 N–H and O–H groups in total. The number of carbonyl (C=O) groups excluding carboxylic acids is 1. The Morgan fingerprint density at radius 1 is 1.25 bits per heavy atom. The Kier molecular flexibility index (Phi) is 3.38. The molecule has 1 aromatic rings. The minimum Gasteiger partial charge on any atom is -0.328 e. The van der Waals surface area contributed by atoms with Gasteiger partial charge in [0.15, 0.2) is 0 Å². The standard InChI is InChI=1S/C11H12Cl2N2O/c12-7-3-8(13)5-10(4-7)15-11(16)6-1-9(14)2-6/h3-6,9H,1-2,14H2,(H,15,16). The molecule has 2 rings (SSSR count). The van der Waals surface area contributed by atoms with Gasteiger partial charge in [-0.2, -0.15) is 0 Å². The second-order valence-corrected chi connectivity index (χ2v) is 4.95. The van der Waals surface area contributed by atoms with E-state index in [1.807, 2.05) is 0 Å². The van der Waals surface area contributed by atoms with Crippen LogP contribution in [-0.4, -0.2) is 11.9 Å². The maximum atomic E-state index is 11.7. The normalized spacial score (nSPS) is 23.7. The van der Waals surface area contributed by atoms with Crippen molar-refractivity contribution in [2.24, 2.45) is 11.7 Å². The van der Waals surface area contributed by atoms with Gasteiger partial charge >= 0.3 is 0 Å². The van der Waals surface area contributed by atoms with Crippen LogP contribution >= 0.6 is 23.2 Å². The summed E-state index contributed by atoms with van der Waals surface area (Å²) in [6, 6.07) is 5.13. The van der Waals surface area contributed by atoms with Crippen LogP contribution in [0.2, 0.25) is 10.0 Å². The molecule has 0 atom stereocenters. The lowest BCUT2D eigenvalue weighted by Gasteiger charge is -2.31. The van der Waals surface area contributed by atoms with E-state index in [4.69, 9.17) is 28.9 Å². The summed E-state index contributed by atoms with van der Waals surface area (Å²) >= 11 is 11.7. The first-order chi connectivity index (χ1) is 7.54. The average Bonchev–Trinajstić information content (AvgIpc) is 2.10. The lowest BCUT2D eigenvalue weighted by atomic mass is 9.80. The first kappa shape index (κ1) is 11.7. The molecule has 1 aliphatic rings. The fraction of sp³-hybridized carbons (Fsp3) is 0.364. The topological polar surface area (TPSA) is 55.1 Å². The second kappa shape index (κ2) is 4.62. The van der Waals surface area contributed by atoms with Gasteiger partial charge in [-0.25, -0.2) is 0 Å². The molecule has 0 saturated heterocycles. The van der Waals surface area contributed by atoms with Crippen LogP contribution in [-0.2, 0) is 4.79 Å². The van der Waals surface area contributed by atoms with Crippen molar-refractivity contribution in [3.05, 3.63) is 28.2 Å². The molecule has 0 aromatic heterocycles. The number of nitrogens with two attached hydrogens (primary N) is 1. The largest absolute Gasteiger partial charge is 0.328 e. The zero-order valence-electron chi connectivity index (χ0n) is 8.54. The van der Waals surface area contributed by atoms with Crippen LogP contribution < -0.4 is 11.1 Å². The van der Waals surface area contributed by atoms with Crippen LogP contribution in [0.3, 0.4) is 0 Å². The minimum atomic E-state index is -0.0139. The van der Waals surface area contributed by atoms with Crippen molar-refractivity contribution in [2.45, 2.75) is 18.9 Å². The molecule has 1 aliphatic carbocycles. The number of halogens is 2. The van der Waals surface area contributed by atoms with E-state index < -0.39 is 0 Å². The van der Waals surface area contributed by atoms with Gasteiger partial charge in [0.25, 0.3) is 0 Å². The molecule has 0 unspecified atom stereocenters. The summed E-state index contributed by atoms with van der Waals surface area (Å²) in [5, 5.41) is 3.80. The van der Waals surface area contributed by atoms with E-state index in [2.05, 4.69) is 5.32 Å². The third-order valence-electron chi connectivity index (χ3n) is 2.68. The highest BCUT2D eigenvalue weighted by Gasteiger charge is 2.31. The van der Waals surface area contributed by atoms with Crippen LogP contribution in [0.15, 0.2) is 18.2 Å². The lowest BCUT2D eigenvalue weighted by Crippen LogP contribution is -2.42. The van der Waals surface area contributed by atoms with E-state index in [0.717, 1.165) is 12.8 Å². The first-order valence-corrected chi connectivity index (χ1v) is 5.83. The van der Waals surface area contributed by atoms with Gasteiger partial charge in [0.2, 0.25) is 5.91 Å². The number of nitrogens with one attached hydrogen (secondary N) is 1. The molecule has 1 saturated carbocycles. The quantitative estimate of drug-likeness (QED) is 0.857. The van der Waals surface area contributed by atoms with Crippen molar-refractivity contribution < 1.29 is 4.79 Å². The molecule has 0 radical (unpaired) electrons. The third-order valence-corrected chi connectivity index (χ3v) is 3.11. The summed E-state index contributed by atoms with van der Waals surface area (Å²) in [5.41, 5.74) is 6.25. The zero-order chi connectivity index (χ0) is 11.7. The third kappa shape index (κ3) is 2.67. The van der Waals surface area contributed by atoms with Gasteiger partial charge in [-0.05, 0) is 31.0 Å². The molecule has 5 heteroatoms. The molecule has 16 heavy (non-hydrogen) atoms. The Bertz CT molecular complexity index is 396. The number of anilines is 1. The highest BCUT2D eigenvalue weighted by atomic mass is 35.5. The predicted molar refractivity (Wildman–Crippen MR) is 65.8 cm³/mol. The van der Waals surface area contributed by atoms with Gasteiger partial charge in [-0.1, -0.05) is 23.2 Å². The van der Waals surface area contributed by atoms with E-state index in [0.29, 0.717) is 15.7 Å². The summed E-state index contributed by atoms with van der Waals surface area (Å²) in [4.78, 5) is 11.7. The van der Waals surface area contributed by atoms with Crippen molar-refractivity contribution in [2.75, 3.05) is 5.32 Å². The number of hydrogen-bond donors (Lipinski definition) is 2. The Balaban J connectivity index is 2.00. The Morgan fingerprint density at radius 2 is 1.81 bits per heavy atom. The van der Waals surface area contributed by atoms with Gasteiger partial charge in [0.05, 0.1) is 0 Å². The average molecular weight is 259 g/mol. The van der Waals surface area contributed by atoms with E-state index in [9.17, 15) is 4.79 Å². The van der Waals surface area contributed by atoms with Crippen LogP contribution in [0, 0.1) is 5.92 Å². The van der Waals surface area contributed by atoms with Crippen LogP contribution in [0.25, 0.3) is 0 Å². The molecular formula is C11H12Cl2N2O. The molecule has 0 bridgehead atoms. The molecule has 0 heterocycles. The molecule has 1 amide bonds. The lowest BCUT2D eigenvalue weighted by molar-refractivity contribution is -0.122. The van der Waals surface area contributed by atoms with Crippen LogP contribution in [0.1, 0.15) is 12.8 Å². The molecule has 0 spiro atoms. The van der Waals surface area contributed by atoms with Crippen LogP contribution in [0.5, 0.6) is 0 Å². The molecule has 1 fully saturated rings. The van der Waals surface area contributed by atoms with Gasteiger partial charge in [-0.15, -0.1) is 0 Å². The van der Waals surface area contributed by atoms with E-state index in [1.165, 1.54) is 0 Å². The van der Waals surface area contributed by atoms with E-state index in [-0.39, 0.29) is 17.9 Å². The molecule has 3 nitrogen and oxygen atoms in total. The van der Waals surface area contributed by atoms with Crippen molar-refractivity contribution in [1.82, 2.24) is 0 Å². The smallest absolute Gasteiger partial charge is 0.227 e. The van der Waals surface area contributed by atoms with Gasteiger partial charge in [-0.3, -0.25) is 4.79 Å². The summed E-state index contributed by atoms with van der Waals surface area (Å²) in [6.45, 7) is 0. The number of carbonyl (C=O) groups is 1. The fourth-order valence-electron chi connectivity index (χ4n) is 1.75. The first-order valence-electron chi connectivity index (χ1n) is 5.07. The SMILES string of the molecule is NC1CC(C(=O)Nc2cc(Cl)cc(Cl)c2)C1. The Morgan fingerprint density at radius 3 is 2.31 bits per heavy atom. The van der Waals surface area contributed by atoms with Crippen molar-refractivity contribution in [3.8, 4) is 0 Å². The monoisotopic (exact) mass is 258 g/mol. The van der Waals surface area contributed by atoms with Crippen molar-refractivity contribution in [1.29, 1.82) is 0 Å². The van der Waals surface area contributed by atoms with Crippen molar-refractivity contribution in [3.63, 3.8) is 0 Å². The van der Waals surface area contributed by atoms with Crippen molar-refractivity contribution >= 4 is 34.8 Å². The number of rotatable bonds is 2. The summed E-state index contributed by atoms with van der Waals surface area (Å²) < 4.78 is 0. The van der Waals surface area contributed by atoms with Gasteiger partial charge in [0, 0.05) is 27.7 Å². The Hall–Kier alpha value is -0.770. The van der Waals surface area contributed by atoms with E-state index in [1.54, 1.807) is 18.2 Å². The predicted octanol–water partition coefficient (Wildman–Crippen LogP) is 2.67. The number of amides is 1. The summed E-state index contributed by atoms with van der Waals surface area (Å²) in [5.74, 6) is 0.00721. The maximum Gasteiger partial charge on any atom is 0.227 e. The fourth-order valence-corrected chi connectivity index (χ4v) is 2.27. The van der Waals surface area contributed by atoms with Gasteiger partial charge in [0.1, 0.15) is 0 Å². The highest BCUT2D eigenvalue weighted by molar-refractivity contribution is 6.35. The maximum absolute atomic E-state index is 11.7.